The van der Waals surface area contributed by atoms with Crippen molar-refractivity contribution in [3.8, 4) is 0 Å². The average molecular weight is 342 g/mol. The Morgan fingerprint density at radius 1 is 0.700 bits per heavy atom. The van der Waals surface area contributed by atoms with Gasteiger partial charge in [0.05, 0.1) is 13.2 Å². The Morgan fingerprint density at radius 3 is 1.15 bits per heavy atom. The summed E-state index contributed by atoms with van der Waals surface area (Å²) in [6.45, 7) is -2.09. The van der Waals surface area contributed by atoms with Crippen molar-refractivity contribution in [1.29, 1.82) is 0 Å². The standard InChI is InChI=1S/C6H16O12P2/c7-3(1-17-19(11,12)13)5(9)6(10)4(8)2-18-20(14,15)16/h3-10H,1-2H2,(H2,11,12,13)(H2,14,15,16)/t3-,4-,5+,6+/m1/s1. The second kappa shape index (κ2) is 7.90. The number of rotatable bonds is 9. The predicted octanol–water partition coefficient (Wildman–Crippen LogP) is -3.35. The SMILES string of the molecule is O=P(O)(O)OC[C@@H](O)[C@H](O)[C@@H](O)[C@H](O)COP(=O)(O)O. The summed E-state index contributed by atoms with van der Waals surface area (Å²) in [7, 11) is -9.78. The molecule has 122 valence electrons. The second-order valence-corrected chi connectivity index (χ2v) is 6.17. The topological polar surface area (TPSA) is 214 Å². The van der Waals surface area contributed by atoms with Gasteiger partial charge in [0, 0.05) is 0 Å². The van der Waals surface area contributed by atoms with Crippen LogP contribution in [-0.4, -0.2) is 77.6 Å². The van der Waals surface area contributed by atoms with Crippen LogP contribution < -0.4 is 0 Å². The van der Waals surface area contributed by atoms with Crippen LogP contribution >= 0.6 is 15.6 Å². The Hall–Kier alpha value is 0.0600. The lowest BCUT2D eigenvalue weighted by atomic mass is 10.0. The van der Waals surface area contributed by atoms with E-state index in [1.54, 1.807) is 0 Å². The normalized spacial score (nSPS) is 19.4. The molecule has 20 heavy (non-hydrogen) atoms. The zero-order chi connectivity index (χ0) is 16.1. The molecular formula is C6H16O12P2. The third-order valence-electron chi connectivity index (χ3n) is 1.97. The van der Waals surface area contributed by atoms with E-state index >= 15 is 0 Å². The van der Waals surface area contributed by atoms with E-state index in [-0.39, 0.29) is 0 Å². The van der Waals surface area contributed by atoms with Crippen LogP contribution in [0, 0.1) is 0 Å². The molecule has 0 spiro atoms. The quantitative estimate of drug-likeness (QED) is 0.193. The molecule has 4 atom stereocenters. The van der Waals surface area contributed by atoms with Crippen LogP contribution in [-0.2, 0) is 18.2 Å². The van der Waals surface area contributed by atoms with Gasteiger partial charge in [-0.25, -0.2) is 9.13 Å². The first-order valence-corrected chi connectivity index (χ1v) is 8.02. The monoisotopic (exact) mass is 342 g/mol. The molecule has 12 nitrogen and oxygen atoms in total. The molecule has 0 radical (unpaired) electrons. The van der Waals surface area contributed by atoms with Crippen LogP contribution in [0.25, 0.3) is 0 Å². The molecule has 0 heterocycles. The van der Waals surface area contributed by atoms with E-state index in [0.717, 1.165) is 0 Å². The van der Waals surface area contributed by atoms with Crippen molar-refractivity contribution in [3.63, 3.8) is 0 Å². The van der Waals surface area contributed by atoms with Gasteiger partial charge in [-0.15, -0.1) is 0 Å². The summed E-state index contributed by atoms with van der Waals surface area (Å²) in [4.78, 5) is 33.4. The van der Waals surface area contributed by atoms with E-state index in [9.17, 15) is 29.6 Å². The van der Waals surface area contributed by atoms with E-state index in [1.165, 1.54) is 0 Å². The van der Waals surface area contributed by atoms with Crippen molar-refractivity contribution in [2.75, 3.05) is 13.2 Å². The maximum atomic E-state index is 10.3. The van der Waals surface area contributed by atoms with Crippen molar-refractivity contribution in [1.82, 2.24) is 0 Å². The number of phosphoric ester groups is 2. The van der Waals surface area contributed by atoms with Crippen LogP contribution in [0.5, 0.6) is 0 Å². The summed E-state index contributed by atoms with van der Waals surface area (Å²) < 4.78 is 28.4. The van der Waals surface area contributed by atoms with Gasteiger partial charge < -0.3 is 40.0 Å². The second-order valence-electron chi connectivity index (χ2n) is 3.69. The lowest BCUT2D eigenvalue weighted by molar-refractivity contribution is -0.121. The molecule has 0 unspecified atom stereocenters. The van der Waals surface area contributed by atoms with Crippen molar-refractivity contribution < 1.29 is 58.2 Å². The highest BCUT2D eigenvalue weighted by Crippen LogP contribution is 2.36. The lowest BCUT2D eigenvalue weighted by Crippen LogP contribution is -2.47. The van der Waals surface area contributed by atoms with Gasteiger partial charge in [-0.1, -0.05) is 0 Å². The molecule has 0 fully saturated rings. The third kappa shape index (κ3) is 9.08. The van der Waals surface area contributed by atoms with Gasteiger partial charge in [-0.05, 0) is 0 Å². The summed E-state index contributed by atoms with van der Waals surface area (Å²) in [6.07, 6.45) is -8.14. The van der Waals surface area contributed by atoms with Crippen molar-refractivity contribution >= 4 is 15.6 Å². The minimum Gasteiger partial charge on any atom is -0.388 e. The van der Waals surface area contributed by atoms with Crippen LogP contribution in [0.2, 0.25) is 0 Å². The van der Waals surface area contributed by atoms with Gasteiger partial charge in [0.15, 0.2) is 0 Å². The maximum Gasteiger partial charge on any atom is 0.469 e. The molecule has 0 aliphatic carbocycles. The summed E-state index contributed by atoms with van der Waals surface area (Å²) in [5.74, 6) is 0. The molecule has 0 rings (SSSR count). The molecule has 0 saturated carbocycles. The largest absolute Gasteiger partial charge is 0.469 e. The zero-order valence-electron chi connectivity index (χ0n) is 9.83. The first kappa shape index (κ1) is 20.1. The van der Waals surface area contributed by atoms with E-state index in [1.807, 2.05) is 0 Å². The van der Waals surface area contributed by atoms with Gasteiger partial charge in [0.2, 0.25) is 0 Å². The highest BCUT2D eigenvalue weighted by molar-refractivity contribution is 7.46. The van der Waals surface area contributed by atoms with E-state index in [2.05, 4.69) is 9.05 Å². The molecule has 0 aromatic rings. The molecule has 0 aliphatic heterocycles. The van der Waals surface area contributed by atoms with Gasteiger partial charge >= 0.3 is 15.6 Å². The maximum absolute atomic E-state index is 10.3. The number of hydrogen-bond acceptors (Lipinski definition) is 8. The summed E-state index contributed by atoms with van der Waals surface area (Å²) >= 11 is 0. The summed E-state index contributed by atoms with van der Waals surface area (Å²) in [5.41, 5.74) is 0. The molecule has 8 N–H and O–H groups in total. The predicted molar refractivity (Wildman–Crippen MR) is 60.0 cm³/mol. The minimum atomic E-state index is -4.89. The number of aliphatic hydroxyl groups excluding tert-OH is 4. The molecule has 14 heteroatoms. The molecule has 0 bridgehead atoms. The molecule has 0 aromatic carbocycles. The number of hydrogen-bond donors (Lipinski definition) is 8. The van der Waals surface area contributed by atoms with E-state index in [4.69, 9.17) is 19.6 Å². The van der Waals surface area contributed by atoms with Crippen LogP contribution in [0.1, 0.15) is 0 Å². The smallest absolute Gasteiger partial charge is 0.388 e. The van der Waals surface area contributed by atoms with Gasteiger partial charge in [0.1, 0.15) is 24.4 Å². The molecule has 0 aromatic heterocycles. The average Bonchev–Trinajstić information content (AvgIpc) is 2.29. The van der Waals surface area contributed by atoms with Crippen LogP contribution in [0.15, 0.2) is 0 Å². The fourth-order valence-electron chi connectivity index (χ4n) is 0.999. The van der Waals surface area contributed by atoms with Crippen LogP contribution in [0.3, 0.4) is 0 Å². The van der Waals surface area contributed by atoms with E-state index < -0.39 is 53.3 Å². The number of phosphoric acid groups is 2. The highest BCUT2D eigenvalue weighted by Gasteiger charge is 2.33. The lowest BCUT2D eigenvalue weighted by Gasteiger charge is -2.26. The highest BCUT2D eigenvalue weighted by atomic mass is 31.2. The molecular weight excluding hydrogens is 326 g/mol. The molecule has 0 saturated heterocycles. The Bertz CT molecular complexity index is 338. The van der Waals surface area contributed by atoms with Crippen molar-refractivity contribution in [2.24, 2.45) is 0 Å². The minimum absolute atomic E-state index is 1.05. The Kier molecular flexibility index (Phi) is 7.92. The van der Waals surface area contributed by atoms with Crippen molar-refractivity contribution in [3.05, 3.63) is 0 Å². The van der Waals surface area contributed by atoms with Crippen LogP contribution in [0.4, 0.5) is 0 Å². The summed E-state index contributed by atoms with van der Waals surface area (Å²) in [5, 5.41) is 37.2. The summed E-state index contributed by atoms with van der Waals surface area (Å²) in [6, 6.07) is 0. The van der Waals surface area contributed by atoms with Gasteiger partial charge in [-0.3, -0.25) is 9.05 Å². The Morgan fingerprint density at radius 2 is 0.950 bits per heavy atom. The fourth-order valence-corrected chi connectivity index (χ4v) is 1.69. The number of aliphatic hydroxyl groups is 4. The third-order valence-corrected chi connectivity index (χ3v) is 2.94. The van der Waals surface area contributed by atoms with Gasteiger partial charge in [-0.2, -0.15) is 0 Å². The zero-order valence-corrected chi connectivity index (χ0v) is 11.6. The van der Waals surface area contributed by atoms with Gasteiger partial charge in [0.25, 0.3) is 0 Å². The Labute approximate surface area is 112 Å². The fraction of sp³-hybridized carbons (Fsp3) is 1.00. The molecule has 0 amide bonds. The molecule has 0 aliphatic rings. The first-order chi connectivity index (χ1) is 8.83. The van der Waals surface area contributed by atoms with Crippen molar-refractivity contribution in [2.45, 2.75) is 24.4 Å². The first-order valence-electron chi connectivity index (χ1n) is 4.96. The Balaban J connectivity index is 4.34. The van der Waals surface area contributed by atoms with E-state index in [0.29, 0.717) is 0 Å².